The summed E-state index contributed by atoms with van der Waals surface area (Å²) < 4.78 is 39.3. The first-order chi connectivity index (χ1) is 14.4. The summed E-state index contributed by atoms with van der Waals surface area (Å²) in [5.41, 5.74) is 1.28. The number of benzene rings is 2. The number of nitrogens with one attached hydrogen (secondary N) is 1. The summed E-state index contributed by atoms with van der Waals surface area (Å²) in [6, 6.07) is 7.85. The maximum Gasteiger partial charge on any atom is 0.262 e. The van der Waals surface area contributed by atoms with Crippen molar-refractivity contribution in [3.8, 4) is 11.5 Å². The van der Waals surface area contributed by atoms with Crippen molar-refractivity contribution in [2.24, 2.45) is 5.92 Å². The minimum absolute atomic E-state index is 0.00954. The van der Waals surface area contributed by atoms with Gasteiger partial charge in [-0.05, 0) is 23.8 Å². The lowest BCUT2D eigenvalue weighted by Gasteiger charge is -2.22. The highest BCUT2D eigenvalue weighted by Crippen LogP contribution is 2.43. The van der Waals surface area contributed by atoms with Crippen LogP contribution in [0.3, 0.4) is 0 Å². The lowest BCUT2D eigenvalue weighted by Crippen LogP contribution is -2.36. The zero-order chi connectivity index (χ0) is 23.1. The molecule has 0 saturated heterocycles. The molecule has 0 aliphatic carbocycles. The maximum absolute atomic E-state index is 13.2. The SMILES string of the molecule is COc1cc(Cl)c(NS(=O)(=O)c2ccc3c(c2)C(C)(C)CN3C(=O)C(C)C)c(OC)c1. The Labute approximate surface area is 188 Å². The van der Waals surface area contributed by atoms with E-state index in [9.17, 15) is 13.2 Å². The van der Waals surface area contributed by atoms with Gasteiger partial charge in [0.2, 0.25) is 5.91 Å². The van der Waals surface area contributed by atoms with Crippen LogP contribution < -0.4 is 19.1 Å². The van der Waals surface area contributed by atoms with Gasteiger partial charge in [-0.25, -0.2) is 8.42 Å². The number of carbonyl (C=O) groups is 1. The molecule has 1 amide bonds. The van der Waals surface area contributed by atoms with E-state index >= 15 is 0 Å². The number of halogens is 1. The maximum atomic E-state index is 13.2. The molecular weight excluding hydrogens is 440 g/mol. The van der Waals surface area contributed by atoms with E-state index in [1.54, 1.807) is 23.1 Å². The highest BCUT2D eigenvalue weighted by Gasteiger charge is 2.39. The minimum atomic E-state index is -3.97. The average molecular weight is 467 g/mol. The van der Waals surface area contributed by atoms with E-state index < -0.39 is 10.0 Å². The highest BCUT2D eigenvalue weighted by atomic mass is 35.5. The van der Waals surface area contributed by atoms with Crippen molar-refractivity contribution in [3.05, 3.63) is 40.9 Å². The Morgan fingerprint density at radius 3 is 2.42 bits per heavy atom. The summed E-state index contributed by atoms with van der Waals surface area (Å²) in [5, 5.41) is 0.148. The van der Waals surface area contributed by atoms with E-state index in [1.165, 1.54) is 26.4 Å². The number of rotatable bonds is 6. The van der Waals surface area contributed by atoms with Crippen molar-refractivity contribution < 1.29 is 22.7 Å². The van der Waals surface area contributed by atoms with E-state index in [0.29, 0.717) is 12.3 Å². The molecule has 0 unspecified atom stereocenters. The predicted octanol–water partition coefficient (Wildman–Crippen LogP) is 4.44. The Balaban J connectivity index is 2.02. The van der Waals surface area contributed by atoms with E-state index in [4.69, 9.17) is 21.1 Å². The van der Waals surface area contributed by atoms with Crippen LogP contribution >= 0.6 is 11.6 Å². The Morgan fingerprint density at radius 1 is 1.16 bits per heavy atom. The summed E-state index contributed by atoms with van der Waals surface area (Å²) >= 11 is 6.28. The number of hydrogen-bond acceptors (Lipinski definition) is 5. The molecule has 9 heteroatoms. The summed E-state index contributed by atoms with van der Waals surface area (Å²) in [4.78, 5) is 14.4. The molecule has 1 N–H and O–H groups in total. The lowest BCUT2D eigenvalue weighted by atomic mass is 9.87. The first-order valence-corrected chi connectivity index (χ1v) is 11.7. The van der Waals surface area contributed by atoms with Crippen molar-refractivity contribution >= 4 is 38.9 Å². The van der Waals surface area contributed by atoms with Crippen molar-refractivity contribution in [2.45, 2.75) is 38.0 Å². The van der Waals surface area contributed by atoms with Crippen molar-refractivity contribution in [2.75, 3.05) is 30.4 Å². The molecule has 31 heavy (non-hydrogen) atoms. The normalized spacial score (nSPS) is 15.0. The highest BCUT2D eigenvalue weighted by molar-refractivity contribution is 7.92. The zero-order valence-electron chi connectivity index (χ0n) is 18.4. The molecule has 2 aromatic carbocycles. The Hall–Kier alpha value is -2.45. The monoisotopic (exact) mass is 466 g/mol. The third-order valence-corrected chi connectivity index (χ3v) is 6.98. The number of nitrogens with zero attached hydrogens (tertiary/aromatic N) is 1. The Bertz CT molecular complexity index is 1130. The fourth-order valence-electron chi connectivity index (χ4n) is 3.66. The van der Waals surface area contributed by atoms with Crippen LogP contribution in [-0.4, -0.2) is 35.1 Å². The lowest BCUT2D eigenvalue weighted by molar-refractivity contribution is -0.121. The van der Waals surface area contributed by atoms with Gasteiger partial charge in [-0.3, -0.25) is 9.52 Å². The predicted molar refractivity (Wildman–Crippen MR) is 122 cm³/mol. The number of carbonyl (C=O) groups excluding carboxylic acids is 1. The Morgan fingerprint density at radius 2 is 1.84 bits per heavy atom. The van der Waals surface area contributed by atoms with Crippen molar-refractivity contribution in [3.63, 3.8) is 0 Å². The van der Waals surface area contributed by atoms with Gasteiger partial charge in [-0.2, -0.15) is 0 Å². The second-order valence-electron chi connectivity index (χ2n) is 8.43. The standard InChI is InChI=1S/C22H27ClN2O5S/c1-13(2)21(26)25-12-22(3,4)16-11-15(7-8-18(16)25)31(27,28)24-20-17(23)9-14(29-5)10-19(20)30-6/h7-11,13,24H,12H2,1-6H3. The van der Waals surface area contributed by atoms with E-state index in [2.05, 4.69) is 4.72 Å². The summed E-state index contributed by atoms with van der Waals surface area (Å²) in [6.45, 7) is 8.18. The van der Waals surface area contributed by atoms with Crippen molar-refractivity contribution in [1.29, 1.82) is 0 Å². The minimum Gasteiger partial charge on any atom is -0.497 e. The molecule has 3 rings (SSSR count). The van der Waals surface area contributed by atoms with Gasteiger partial charge in [-0.1, -0.05) is 39.3 Å². The number of anilines is 2. The van der Waals surface area contributed by atoms with Gasteiger partial charge in [-0.15, -0.1) is 0 Å². The first kappa shape index (κ1) is 23.2. The molecule has 0 aromatic heterocycles. The summed E-state index contributed by atoms with van der Waals surface area (Å²) in [6.07, 6.45) is 0. The van der Waals surface area contributed by atoms with Crippen molar-refractivity contribution in [1.82, 2.24) is 0 Å². The fraction of sp³-hybridized carbons (Fsp3) is 0.409. The van der Waals surface area contributed by atoms with Crippen LogP contribution in [0.15, 0.2) is 35.2 Å². The average Bonchev–Trinajstić information content (AvgIpc) is 2.98. The van der Waals surface area contributed by atoms with E-state index in [1.807, 2.05) is 27.7 Å². The molecule has 0 saturated carbocycles. The quantitative estimate of drug-likeness (QED) is 0.680. The van der Waals surface area contributed by atoms with Gasteiger partial charge in [0, 0.05) is 35.7 Å². The molecule has 0 spiro atoms. The van der Waals surface area contributed by atoms with Crippen LogP contribution in [0.2, 0.25) is 5.02 Å². The zero-order valence-corrected chi connectivity index (χ0v) is 20.0. The number of fused-ring (bicyclic) bond motifs is 1. The Kier molecular flexibility index (Phi) is 6.17. The van der Waals surface area contributed by atoms with Crippen LogP contribution in [0, 0.1) is 5.92 Å². The largest absolute Gasteiger partial charge is 0.497 e. The number of sulfonamides is 1. The smallest absolute Gasteiger partial charge is 0.262 e. The second kappa shape index (κ2) is 8.24. The topological polar surface area (TPSA) is 84.9 Å². The van der Waals surface area contributed by atoms with Crippen LogP contribution in [0.25, 0.3) is 0 Å². The van der Waals surface area contributed by atoms with E-state index in [0.717, 1.165) is 11.3 Å². The molecule has 0 bridgehead atoms. The number of ether oxygens (including phenoxy) is 2. The molecular formula is C22H27ClN2O5S. The second-order valence-corrected chi connectivity index (χ2v) is 10.5. The van der Waals surface area contributed by atoms with Gasteiger partial charge >= 0.3 is 0 Å². The molecule has 0 radical (unpaired) electrons. The molecule has 0 fully saturated rings. The van der Waals surface area contributed by atoms with Crippen LogP contribution in [-0.2, 0) is 20.2 Å². The number of amides is 1. The van der Waals surface area contributed by atoms with Gasteiger partial charge in [0.05, 0.1) is 24.1 Å². The van der Waals surface area contributed by atoms with Crippen LogP contribution in [0.1, 0.15) is 33.3 Å². The van der Waals surface area contributed by atoms with Crippen LogP contribution in [0.5, 0.6) is 11.5 Å². The van der Waals surface area contributed by atoms with Gasteiger partial charge < -0.3 is 14.4 Å². The molecule has 7 nitrogen and oxygen atoms in total. The number of hydrogen-bond donors (Lipinski definition) is 1. The summed E-state index contributed by atoms with van der Waals surface area (Å²) in [5.74, 6) is 0.536. The number of methoxy groups -OCH3 is 2. The molecule has 0 atom stereocenters. The third kappa shape index (κ3) is 4.32. The molecule has 1 aliphatic rings. The fourth-order valence-corrected chi connectivity index (χ4v) is 5.08. The summed E-state index contributed by atoms with van der Waals surface area (Å²) in [7, 11) is -1.07. The molecule has 1 aliphatic heterocycles. The van der Waals surface area contributed by atoms with E-state index in [-0.39, 0.29) is 38.6 Å². The van der Waals surface area contributed by atoms with Gasteiger partial charge in [0.25, 0.3) is 10.0 Å². The van der Waals surface area contributed by atoms with Gasteiger partial charge in [0.15, 0.2) is 0 Å². The third-order valence-electron chi connectivity index (χ3n) is 5.33. The van der Waals surface area contributed by atoms with Crippen LogP contribution in [0.4, 0.5) is 11.4 Å². The van der Waals surface area contributed by atoms with Gasteiger partial charge in [0.1, 0.15) is 17.2 Å². The molecule has 2 aromatic rings. The molecule has 1 heterocycles. The molecule has 168 valence electrons. The first-order valence-electron chi connectivity index (χ1n) is 9.81.